The number of fused-ring (bicyclic) bond motifs is 1. The van der Waals surface area contributed by atoms with E-state index in [1.54, 1.807) is 24.3 Å². The second-order valence-corrected chi connectivity index (χ2v) is 7.29. The molecule has 1 heterocycles. The Kier molecular flexibility index (Phi) is 3.83. The number of anilines is 1. The highest BCUT2D eigenvalue weighted by atomic mass is 32.2. The second-order valence-electron chi connectivity index (χ2n) is 5.46. The molecule has 2 aromatic rings. The van der Waals surface area contributed by atoms with Crippen LogP contribution in [0.1, 0.15) is 17.5 Å². The van der Waals surface area contributed by atoms with Crippen LogP contribution in [0.3, 0.4) is 0 Å². The average Bonchev–Trinajstić information content (AvgIpc) is 2.53. The predicted octanol–water partition coefficient (Wildman–Crippen LogP) is 3.15. The average molecular weight is 317 g/mol. The standard InChI is InChI=1S/C17H19NO3S/c1-13-9-10-15-14(12-13)6-5-11-18(15)22(19,20)17-8-4-3-7-16(17)21-2/h3-4,7-10,12H,5-6,11H2,1-2H3. The van der Waals surface area contributed by atoms with Crippen molar-refractivity contribution in [2.75, 3.05) is 18.0 Å². The molecule has 0 aromatic heterocycles. The smallest absolute Gasteiger partial charge is 0.268 e. The number of benzene rings is 2. The lowest BCUT2D eigenvalue weighted by atomic mass is 10.0. The molecule has 0 saturated heterocycles. The van der Waals surface area contributed by atoms with E-state index in [9.17, 15) is 8.42 Å². The van der Waals surface area contributed by atoms with Crippen molar-refractivity contribution in [2.24, 2.45) is 0 Å². The number of rotatable bonds is 3. The first-order valence-corrected chi connectivity index (χ1v) is 8.73. The Balaban J connectivity index is 2.12. The van der Waals surface area contributed by atoms with E-state index in [0.717, 1.165) is 29.7 Å². The number of nitrogens with zero attached hydrogens (tertiary/aromatic N) is 1. The van der Waals surface area contributed by atoms with Crippen LogP contribution in [-0.2, 0) is 16.4 Å². The largest absolute Gasteiger partial charge is 0.495 e. The third kappa shape index (κ3) is 2.46. The first-order chi connectivity index (χ1) is 10.5. The van der Waals surface area contributed by atoms with Gasteiger partial charge in [-0.25, -0.2) is 8.42 Å². The molecule has 0 N–H and O–H groups in total. The highest BCUT2D eigenvalue weighted by Gasteiger charge is 2.31. The molecule has 116 valence electrons. The van der Waals surface area contributed by atoms with Crippen LogP contribution in [0, 0.1) is 6.92 Å². The molecule has 2 aromatic carbocycles. The van der Waals surface area contributed by atoms with Crippen molar-refractivity contribution in [1.29, 1.82) is 0 Å². The molecule has 5 heteroatoms. The number of para-hydroxylation sites is 1. The Labute approximate surface area is 131 Å². The summed E-state index contributed by atoms with van der Waals surface area (Å²) in [6, 6.07) is 12.7. The van der Waals surface area contributed by atoms with Crippen molar-refractivity contribution in [3.63, 3.8) is 0 Å². The topological polar surface area (TPSA) is 46.6 Å². The van der Waals surface area contributed by atoms with Gasteiger partial charge in [0, 0.05) is 6.54 Å². The molecule has 0 amide bonds. The van der Waals surface area contributed by atoms with Gasteiger partial charge in [0.1, 0.15) is 10.6 Å². The van der Waals surface area contributed by atoms with E-state index < -0.39 is 10.0 Å². The number of hydrogen-bond acceptors (Lipinski definition) is 3. The minimum atomic E-state index is -3.62. The molecule has 1 aliphatic heterocycles. The monoisotopic (exact) mass is 317 g/mol. The van der Waals surface area contributed by atoms with Crippen molar-refractivity contribution in [2.45, 2.75) is 24.7 Å². The molecule has 0 fully saturated rings. The van der Waals surface area contributed by atoms with Crippen LogP contribution in [0.15, 0.2) is 47.4 Å². The summed E-state index contributed by atoms with van der Waals surface area (Å²) in [7, 11) is -2.13. The van der Waals surface area contributed by atoms with E-state index in [0.29, 0.717) is 12.3 Å². The van der Waals surface area contributed by atoms with Gasteiger partial charge >= 0.3 is 0 Å². The maximum absolute atomic E-state index is 13.1. The summed E-state index contributed by atoms with van der Waals surface area (Å²) in [5, 5.41) is 0. The van der Waals surface area contributed by atoms with Gasteiger partial charge in [-0.3, -0.25) is 4.31 Å². The van der Waals surface area contributed by atoms with Crippen LogP contribution in [0.25, 0.3) is 0 Å². The van der Waals surface area contributed by atoms with Gasteiger partial charge in [-0.1, -0.05) is 29.8 Å². The number of ether oxygens (including phenoxy) is 1. The molecule has 4 nitrogen and oxygen atoms in total. The van der Waals surface area contributed by atoms with E-state index in [4.69, 9.17) is 4.74 Å². The lowest BCUT2D eigenvalue weighted by Crippen LogP contribution is -2.35. The molecule has 0 atom stereocenters. The van der Waals surface area contributed by atoms with Gasteiger partial charge in [-0.15, -0.1) is 0 Å². The highest BCUT2D eigenvalue weighted by Crippen LogP contribution is 2.35. The van der Waals surface area contributed by atoms with E-state index in [2.05, 4.69) is 6.07 Å². The SMILES string of the molecule is COc1ccccc1S(=O)(=O)N1CCCc2cc(C)ccc21. The van der Waals surface area contributed by atoms with Crippen LogP contribution in [0.4, 0.5) is 5.69 Å². The van der Waals surface area contributed by atoms with Crippen molar-refractivity contribution in [3.05, 3.63) is 53.6 Å². The van der Waals surface area contributed by atoms with Gasteiger partial charge in [-0.2, -0.15) is 0 Å². The number of methoxy groups -OCH3 is 1. The molecule has 0 aliphatic carbocycles. The molecule has 3 rings (SSSR count). The molecule has 22 heavy (non-hydrogen) atoms. The van der Waals surface area contributed by atoms with Gasteiger partial charge in [0.05, 0.1) is 12.8 Å². The first-order valence-electron chi connectivity index (χ1n) is 7.29. The first kappa shape index (κ1) is 14.9. The quantitative estimate of drug-likeness (QED) is 0.873. The summed E-state index contributed by atoms with van der Waals surface area (Å²) in [6.45, 7) is 2.52. The van der Waals surface area contributed by atoms with Crippen LogP contribution in [-0.4, -0.2) is 22.1 Å². The van der Waals surface area contributed by atoms with Gasteiger partial charge in [0.25, 0.3) is 10.0 Å². The maximum Gasteiger partial charge on any atom is 0.268 e. The summed E-state index contributed by atoms with van der Waals surface area (Å²) in [5.41, 5.74) is 3.02. The van der Waals surface area contributed by atoms with Gasteiger partial charge in [-0.05, 0) is 43.5 Å². The number of hydrogen-bond donors (Lipinski definition) is 0. The van der Waals surface area contributed by atoms with Crippen molar-refractivity contribution in [3.8, 4) is 5.75 Å². The highest BCUT2D eigenvalue weighted by molar-refractivity contribution is 7.93. The number of aryl methyl sites for hydroxylation is 2. The molecule has 1 aliphatic rings. The Morgan fingerprint density at radius 3 is 2.68 bits per heavy atom. The predicted molar refractivity (Wildman–Crippen MR) is 87.0 cm³/mol. The second kappa shape index (κ2) is 5.65. The third-order valence-electron chi connectivity index (χ3n) is 3.95. The minimum Gasteiger partial charge on any atom is -0.495 e. The lowest BCUT2D eigenvalue weighted by Gasteiger charge is -2.31. The van der Waals surface area contributed by atoms with E-state index in [1.165, 1.54) is 11.4 Å². The fourth-order valence-corrected chi connectivity index (χ4v) is 4.59. The van der Waals surface area contributed by atoms with E-state index >= 15 is 0 Å². The molecule has 0 spiro atoms. The molecule has 0 saturated carbocycles. The van der Waals surface area contributed by atoms with Crippen LogP contribution >= 0.6 is 0 Å². The minimum absolute atomic E-state index is 0.214. The van der Waals surface area contributed by atoms with Gasteiger partial charge in [0.15, 0.2) is 0 Å². The summed E-state index contributed by atoms with van der Waals surface area (Å²) < 4.78 is 32.8. The normalized spacial score (nSPS) is 14.5. The Hall–Kier alpha value is -2.01. The van der Waals surface area contributed by atoms with Crippen LogP contribution in [0.2, 0.25) is 0 Å². The van der Waals surface area contributed by atoms with Gasteiger partial charge < -0.3 is 4.74 Å². The van der Waals surface area contributed by atoms with Gasteiger partial charge in [0.2, 0.25) is 0 Å². The maximum atomic E-state index is 13.1. The molecular formula is C17H19NO3S. The summed E-state index contributed by atoms with van der Waals surface area (Å²) in [6.07, 6.45) is 1.74. The van der Waals surface area contributed by atoms with Crippen molar-refractivity contribution < 1.29 is 13.2 Å². The van der Waals surface area contributed by atoms with E-state index in [-0.39, 0.29) is 4.90 Å². The lowest BCUT2D eigenvalue weighted by molar-refractivity contribution is 0.402. The Bertz CT molecular complexity index is 799. The molecule has 0 bridgehead atoms. The van der Waals surface area contributed by atoms with Crippen LogP contribution < -0.4 is 9.04 Å². The van der Waals surface area contributed by atoms with Crippen molar-refractivity contribution >= 4 is 15.7 Å². The summed E-state index contributed by atoms with van der Waals surface area (Å²) in [4.78, 5) is 0.214. The molecule has 0 unspecified atom stereocenters. The summed E-state index contributed by atoms with van der Waals surface area (Å²) >= 11 is 0. The fourth-order valence-electron chi connectivity index (χ4n) is 2.89. The third-order valence-corrected chi connectivity index (χ3v) is 5.80. The van der Waals surface area contributed by atoms with Crippen molar-refractivity contribution in [1.82, 2.24) is 0 Å². The molecular weight excluding hydrogens is 298 g/mol. The zero-order valence-electron chi connectivity index (χ0n) is 12.7. The van der Waals surface area contributed by atoms with Crippen LogP contribution in [0.5, 0.6) is 5.75 Å². The molecule has 0 radical (unpaired) electrons. The Morgan fingerprint density at radius 2 is 1.91 bits per heavy atom. The van der Waals surface area contributed by atoms with E-state index in [1.807, 2.05) is 19.1 Å². The zero-order valence-corrected chi connectivity index (χ0v) is 13.6. The fraction of sp³-hybridized carbons (Fsp3) is 0.294. The number of sulfonamides is 1. The Morgan fingerprint density at radius 1 is 1.14 bits per heavy atom. The summed E-state index contributed by atoms with van der Waals surface area (Å²) in [5.74, 6) is 0.377. The zero-order chi connectivity index (χ0) is 15.7.